The van der Waals surface area contributed by atoms with Crippen LogP contribution in [0.4, 0.5) is 13.2 Å². The summed E-state index contributed by atoms with van der Waals surface area (Å²) in [6.45, 7) is 5.36. The predicted molar refractivity (Wildman–Crippen MR) is 87.8 cm³/mol. The number of carbonyl (C=O) groups is 1. The Balaban J connectivity index is 2.27. The third-order valence-corrected chi connectivity index (χ3v) is 3.82. The molecule has 2 rings (SSSR count). The van der Waals surface area contributed by atoms with Gasteiger partial charge in [0.1, 0.15) is 5.82 Å². The van der Waals surface area contributed by atoms with Crippen LogP contribution in [0.5, 0.6) is 0 Å². The molecule has 1 heterocycles. The quantitative estimate of drug-likeness (QED) is 0.822. The Hall–Kier alpha value is -2.38. The molecule has 0 aliphatic heterocycles. The van der Waals surface area contributed by atoms with Crippen molar-refractivity contribution in [2.75, 3.05) is 13.6 Å². The lowest BCUT2D eigenvalue weighted by Crippen LogP contribution is -2.31. The minimum absolute atomic E-state index is 0.110. The highest BCUT2D eigenvalue weighted by Crippen LogP contribution is 2.23. The average Bonchev–Trinajstić information content (AvgIpc) is 2.92. The van der Waals surface area contributed by atoms with Crippen LogP contribution in [0, 0.1) is 6.92 Å². The number of carbonyl (C=O) groups excluding carboxylic acids is 1. The molecule has 8 heteroatoms. The van der Waals surface area contributed by atoms with Crippen molar-refractivity contribution in [1.29, 1.82) is 0 Å². The summed E-state index contributed by atoms with van der Waals surface area (Å²) in [4.78, 5) is 17.4. The third kappa shape index (κ3) is 4.58. The van der Waals surface area contributed by atoms with E-state index in [-0.39, 0.29) is 11.7 Å². The summed E-state index contributed by atoms with van der Waals surface area (Å²) >= 11 is 0. The molecule has 0 saturated heterocycles. The van der Waals surface area contributed by atoms with Crippen molar-refractivity contribution in [3.8, 4) is 5.69 Å². The largest absolute Gasteiger partial charge is 0.390 e. The van der Waals surface area contributed by atoms with Crippen LogP contribution in [-0.4, -0.2) is 45.3 Å². The Bertz CT molecular complexity index is 753. The van der Waals surface area contributed by atoms with Gasteiger partial charge in [-0.25, -0.2) is 9.67 Å². The van der Waals surface area contributed by atoms with Crippen LogP contribution >= 0.6 is 0 Å². The molecular formula is C17H21F3N4O. The summed E-state index contributed by atoms with van der Waals surface area (Å²) in [6, 6.07) is 7.62. The zero-order chi connectivity index (χ0) is 18.8. The molecule has 25 heavy (non-hydrogen) atoms. The van der Waals surface area contributed by atoms with E-state index in [1.165, 1.54) is 7.05 Å². The minimum Gasteiger partial charge on any atom is -0.339 e. The zero-order valence-corrected chi connectivity index (χ0v) is 14.6. The summed E-state index contributed by atoms with van der Waals surface area (Å²) in [6.07, 6.45) is -5.38. The van der Waals surface area contributed by atoms with Crippen LogP contribution in [0.15, 0.2) is 24.3 Å². The van der Waals surface area contributed by atoms with E-state index in [0.29, 0.717) is 5.82 Å². The number of halogens is 3. The number of aromatic nitrogens is 3. The molecule has 0 aliphatic carbocycles. The lowest BCUT2D eigenvalue weighted by atomic mass is 10.0. The van der Waals surface area contributed by atoms with Gasteiger partial charge in [0.05, 0.1) is 12.1 Å². The molecule has 5 nitrogen and oxygen atoms in total. The summed E-state index contributed by atoms with van der Waals surface area (Å²) in [5.41, 5.74) is 1.85. The molecule has 0 spiro atoms. The van der Waals surface area contributed by atoms with E-state index in [9.17, 15) is 18.0 Å². The van der Waals surface area contributed by atoms with Crippen LogP contribution in [0.3, 0.4) is 0 Å². The number of hydrogen-bond acceptors (Lipinski definition) is 3. The van der Waals surface area contributed by atoms with Crippen LogP contribution < -0.4 is 0 Å². The van der Waals surface area contributed by atoms with Crippen LogP contribution in [0.1, 0.15) is 48.2 Å². The fourth-order valence-electron chi connectivity index (χ4n) is 2.44. The Morgan fingerprint density at radius 1 is 1.28 bits per heavy atom. The molecule has 1 aromatic heterocycles. The van der Waals surface area contributed by atoms with Gasteiger partial charge in [-0.05, 0) is 24.5 Å². The molecule has 0 radical (unpaired) electrons. The lowest BCUT2D eigenvalue weighted by Gasteiger charge is -2.16. The van der Waals surface area contributed by atoms with E-state index < -0.39 is 25.0 Å². The topological polar surface area (TPSA) is 51.0 Å². The summed E-state index contributed by atoms with van der Waals surface area (Å²) < 4.78 is 38.5. The molecule has 136 valence electrons. The molecule has 0 aliphatic rings. The van der Waals surface area contributed by atoms with Crippen LogP contribution in [0.2, 0.25) is 0 Å². The van der Waals surface area contributed by atoms with Gasteiger partial charge < -0.3 is 4.90 Å². The van der Waals surface area contributed by atoms with Crippen molar-refractivity contribution in [3.05, 3.63) is 41.5 Å². The molecule has 0 bridgehead atoms. The Morgan fingerprint density at radius 2 is 1.92 bits per heavy atom. The Labute approximate surface area is 144 Å². The summed E-state index contributed by atoms with van der Waals surface area (Å²) in [5, 5.41) is 4.22. The fourth-order valence-corrected chi connectivity index (χ4v) is 2.44. The molecular weight excluding hydrogens is 333 g/mol. The SMILES string of the molecule is Cc1nc(C(=O)N(C)CCC(F)(F)F)nn1-c1ccccc1C(C)C. The van der Waals surface area contributed by atoms with E-state index in [1.54, 1.807) is 11.6 Å². The van der Waals surface area contributed by atoms with Gasteiger partial charge in [0.25, 0.3) is 5.91 Å². The first kappa shape index (κ1) is 19.0. The monoisotopic (exact) mass is 354 g/mol. The van der Waals surface area contributed by atoms with Crippen molar-refractivity contribution in [3.63, 3.8) is 0 Å². The first-order chi connectivity index (χ1) is 11.6. The van der Waals surface area contributed by atoms with Crippen molar-refractivity contribution in [1.82, 2.24) is 19.7 Å². The molecule has 1 aromatic carbocycles. The van der Waals surface area contributed by atoms with Gasteiger partial charge >= 0.3 is 6.18 Å². The van der Waals surface area contributed by atoms with Gasteiger partial charge in [0.2, 0.25) is 5.82 Å². The lowest BCUT2D eigenvalue weighted by molar-refractivity contribution is -0.136. The molecule has 0 N–H and O–H groups in total. The van der Waals surface area contributed by atoms with Gasteiger partial charge in [-0.2, -0.15) is 13.2 Å². The number of amides is 1. The van der Waals surface area contributed by atoms with Gasteiger partial charge in [-0.15, -0.1) is 5.10 Å². The molecule has 0 saturated carbocycles. The maximum absolute atomic E-state index is 12.3. The summed E-state index contributed by atoms with van der Waals surface area (Å²) in [7, 11) is 1.31. The van der Waals surface area contributed by atoms with Gasteiger partial charge in [0.15, 0.2) is 0 Å². The maximum Gasteiger partial charge on any atom is 0.390 e. The first-order valence-corrected chi connectivity index (χ1v) is 7.95. The van der Waals surface area contributed by atoms with E-state index in [4.69, 9.17) is 0 Å². The molecule has 2 aromatic rings. The highest BCUT2D eigenvalue weighted by atomic mass is 19.4. The van der Waals surface area contributed by atoms with Gasteiger partial charge in [-0.1, -0.05) is 32.0 Å². The smallest absolute Gasteiger partial charge is 0.339 e. The highest BCUT2D eigenvalue weighted by Gasteiger charge is 2.29. The van der Waals surface area contributed by atoms with Crippen molar-refractivity contribution >= 4 is 5.91 Å². The van der Waals surface area contributed by atoms with E-state index in [0.717, 1.165) is 16.2 Å². The first-order valence-electron chi connectivity index (χ1n) is 7.95. The number of benzene rings is 1. The normalized spacial score (nSPS) is 11.8. The second kappa shape index (κ2) is 7.25. The fraction of sp³-hybridized carbons (Fsp3) is 0.471. The van der Waals surface area contributed by atoms with Crippen molar-refractivity contribution in [2.45, 2.75) is 39.3 Å². The number of rotatable bonds is 5. The second-order valence-electron chi connectivity index (χ2n) is 6.20. The standard InChI is InChI=1S/C17H21F3N4O/c1-11(2)13-7-5-6-8-14(13)24-12(3)21-15(22-24)16(25)23(4)10-9-17(18,19)20/h5-8,11H,9-10H2,1-4H3. The van der Waals surface area contributed by atoms with E-state index in [1.807, 2.05) is 38.1 Å². The number of para-hydroxylation sites is 1. The van der Waals surface area contributed by atoms with Gasteiger partial charge in [0, 0.05) is 13.6 Å². The van der Waals surface area contributed by atoms with Crippen molar-refractivity contribution in [2.24, 2.45) is 0 Å². The molecule has 0 fully saturated rings. The van der Waals surface area contributed by atoms with E-state index >= 15 is 0 Å². The Morgan fingerprint density at radius 3 is 2.52 bits per heavy atom. The third-order valence-electron chi connectivity index (χ3n) is 3.82. The average molecular weight is 354 g/mol. The van der Waals surface area contributed by atoms with Crippen molar-refractivity contribution < 1.29 is 18.0 Å². The van der Waals surface area contributed by atoms with E-state index in [2.05, 4.69) is 10.1 Å². The minimum atomic E-state index is -4.31. The maximum atomic E-state index is 12.3. The highest BCUT2D eigenvalue weighted by molar-refractivity contribution is 5.90. The van der Waals surface area contributed by atoms with Crippen LogP contribution in [0.25, 0.3) is 5.69 Å². The van der Waals surface area contributed by atoms with Gasteiger partial charge in [-0.3, -0.25) is 4.79 Å². The molecule has 0 atom stereocenters. The molecule has 0 unspecified atom stereocenters. The van der Waals surface area contributed by atoms with Crippen LogP contribution in [-0.2, 0) is 0 Å². The number of aryl methyl sites for hydroxylation is 1. The zero-order valence-electron chi connectivity index (χ0n) is 14.6. The predicted octanol–water partition coefficient (Wildman–Crippen LogP) is 3.72. The number of hydrogen-bond donors (Lipinski definition) is 0. The second-order valence-corrected chi connectivity index (χ2v) is 6.20. The Kier molecular flexibility index (Phi) is 5.49. The molecule has 1 amide bonds. The summed E-state index contributed by atoms with van der Waals surface area (Å²) in [5.74, 6) is 0.00273. The number of nitrogens with zero attached hydrogens (tertiary/aromatic N) is 4. The number of alkyl halides is 3.